The smallest absolute Gasteiger partial charge is 0.388 e. The molecule has 6 heteroatoms. The molecule has 1 unspecified atom stereocenters. The molecule has 1 atom stereocenters. The van der Waals surface area contributed by atoms with E-state index in [0.29, 0.717) is 0 Å². The van der Waals surface area contributed by atoms with Gasteiger partial charge in [0.1, 0.15) is 0 Å². The van der Waals surface area contributed by atoms with E-state index in [2.05, 4.69) is 0 Å². The highest BCUT2D eigenvalue weighted by Gasteiger charge is 2.28. The van der Waals surface area contributed by atoms with Crippen LogP contribution in [0.1, 0.15) is 36.5 Å². The molecule has 96 valence electrons. The Bertz CT molecular complexity index is 344. The van der Waals surface area contributed by atoms with Crippen molar-refractivity contribution >= 4 is 0 Å². The highest BCUT2D eigenvalue weighted by atomic mass is 19.4. The van der Waals surface area contributed by atoms with Crippen LogP contribution in [0.15, 0.2) is 24.3 Å². The van der Waals surface area contributed by atoms with E-state index in [-0.39, 0.29) is 11.1 Å². The van der Waals surface area contributed by atoms with Gasteiger partial charge in [0.25, 0.3) is 6.43 Å². The Hall–Kier alpha value is -1.17. The van der Waals surface area contributed by atoms with Gasteiger partial charge in [0.2, 0.25) is 0 Å². The molecule has 0 saturated carbocycles. The van der Waals surface area contributed by atoms with Gasteiger partial charge in [-0.3, -0.25) is 0 Å². The average Bonchev–Trinajstić information content (AvgIpc) is 2.25. The minimum absolute atomic E-state index is 0.207. The fourth-order valence-corrected chi connectivity index (χ4v) is 1.33. The van der Waals surface area contributed by atoms with Gasteiger partial charge in [-0.05, 0) is 12.0 Å². The summed E-state index contributed by atoms with van der Waals surface area (Å²) in [5.41, 5.74) is -0.0181. The summed E-state index contributed by atoms with van der Waals surface area (Å²) in [6, 6.07) is 4.61. The molecular formula is C11H11F5O. The predicted molar refractivity (Wildman–Crippen MR) is 51.6 cm³/mol. The van der Waals surface area contributed by atoms with Crippen molar-refractivity contribution in [3.05, 3.63) is 35.4 Å². The van der Waals surface area contributed by atoms with E-state index in [0.717, 1.165) is 12.1 Å². The molecule has 0 aliphatic rings. The lowest BCUT2D eigenvalue weighted by atomic mass is 10.0. The predicted octanol–water partition coefficient (Wildman–Crippen LogP) is 4.00. The van der Waals surface area contributed by atoms with Crippen LogP contribution in [0.3, 0.4) is 0 Å². The van der Waals surface area contributed by atoms with Gasteiger partial charge in [-0.25, -0.2) is 8.78 Å². The Morgan fingerprint density at radius 1 is 1.00 bits per heavy atom. The minimum atomic E-state index is -4.33. The number of aliphatic hydroxyl groups excluding tert-OH is 1. The van der Waals surface area contributed by atoms with Crippen molar-refractivity contribution in [3.8, 4) is 0 Å². The molecule has 0 amide bonds. The maximum absolute atomic E-state index is 12.2. The largest absolute Gasteiger partial charge is 0.389 e. The first-order chi connectivity index (χ1) is 7.79. The van der Waals surface area contributed by atoms with Crippen LogP contribution in [-0.2, 0) is 0 Å². The van der Waals surface area contributed by atoms with Crippen LogP contribution in [0.4, 0.5) is 22.0 Å². The summed E-state index contributed by atoms with van der Waals surface area (Å²) in [5, 5.41) is 9.43. The monoisotopic (exact) mass is 254 g/mol. The summed E-state index contributed by atoms with van der Waals surface area (Å²) < 4.78 is 60.1. The second kappa shape index (κ2) is 5.44. The van der Waals surface area contributed by atoms with Crippen LogP contribution in [0.5, 0.6) is 0 Å². The number of aliphatic hydroxyl groups is 1. The highest BCUT2D eigenvalue weighted by molar-refractivity contribution is 5.24. The van der Waals surface area contributed by atoms with Crippen LogP contribution >= 0.6 is 0 Å². The molecular weight excluding hydrogens is 243 g/mol. The van der Waals surface area contributed by atoms with Crippen LogP contribution in [0.25, 0.3) is 0 Å². The lowest BCUT2D eigenvalue weighted by Gasteiger charge is -2.13. The van der Waals surface area contributed by atoms with Crippen LogP contribution < -0.4 is 0 Å². The third-order valence-electron chi connectivity index (χ3n) is 2.27. The maximum Gasteiger partial charge on any atom is 0.389 e. The molecule has 0 bridgehead atoms. The van der Waals surface area contributed by atoms with Gasteiger partial charge >= 0.3 is 6.18 Å². The van der Waals surface area contributed by atoms with Gasteiger partial charge in [0, 0.05) is 12.0 Å². The molecule has 1 nitrogen and oxygen atoms in total. The molecule has 0 radical (unpaired) electrons. The van der Waals surface area contributed by atoms with Crippen molar-refractivity contribution in [3.63, 3.8) is 0 Å². The van der Waals surface area contributed by atoms with Crippen molar-refractivity contribution in [1.82, 2.24) is 0 Å². The zero-order chi connectivity index (χ0) is 13.1. The van der Waals surface area contributed by atoms with Crippen molar-refractivity contribution in [2.75, 3.05) is 0 Å². The first-order valence-electron chi connectivity index (χ1n) is 4.92. The van der Waals surface area contributed by atoms with Crippen LogP contribution in [0, 0.1) is 0 Å². The normalized spacial score (nSPS) is 14.1. The van der Waals surface area contributed by atoms with E-state index >= 15 is 0 Å². The second-order valence-electron chi connectivity index (χ2n) is 3.64. The molecule has 0 aromatic heterocycles. The van der Waals surface area contributed by atoms with Crippen LogP contribution in [-0.4, -0.2) is 11.3 Å². The molecule has 1 aromatic rings. The summed E-state index contributed by atoms with van der Waals surface area (Å²) in [6.07, 6.45) is -9.83. The lowest BCUT2D eigenvalue weighted by molar-refractivity contribution is -0.140. The van der Waals surface area contributed by atoms with E-state index in [1.165, 1.54) is 12.1 Å². The summed E-state index contributed by atoms with van der Waals surface area (Å²) in [5.74, 6) is 0. The molecule has 0 spiro atoms. The van der Waals surface area contributed by atoms with E-state index in [1.807, 2.05) is 0 Å². The van der Waals surface area contributed by atoms with E-state index in [9.17, 15) is 27.1 Å². The van der Waals surface area contributed by atoms with Gasteiger partial charge in [0.05, 0.1) is 6.10 Å². The number of hydrogen-bond donors (Lipinski definition) is 1. The molecule has 17 heavy (non-hydrogen) atoms. The van der Waals surface area contributed by atoms with Gasteiger partial charge < -0.3 is 5.11 Å². The van der Waals surface area contributed by atoms with Crippen molar-refractivity contribution < 1.29 is 27.1 Å². The molecule has 0 fully saturated rings. The topological polar surface area (TPSA) is 20.2 Å². The Balaban J connectivity index is 2.60. The number of halogens is 5. The van der Waals surface area contributed by atoms with Gasteiger partial charge in [0.15, 0.2) is 0 Å². The third kappa shape index (κ3) is 4.68. The molecule has 1 aromatic carbocycles. The molecule has 1 rings (SSSR count). The van der Waals surface area contributed by atoms with Crippen molar-refractivity contribution in [2.24, 2.45) is 0 Å². The first-order valence-corrected chi connectivity index (χ1v) is 4.92. The summed E-state index contributed by atoms with van der Waals surface area (Å²) in [6.45, 7) is 0. The fourth-order valence-electron chi connectivity index (χ4n) is 1.33. The molecule has 0 saturated heterocycles. The summed E-state index contributed by atoms with van der Waals surface area (Å²) in [4.78, 5) is 0. The molecule has 1 N–H and O–H groups in total. The SMILES string of the molecule is OC(CCC(F)(F)F)c1ccc(C(F)F)cc1. The quantitative estimate of drug-likeness (QED) is 0.805. The lowest BCUT2D eigenvalue weighted by Crippen LogP contribution is -2.10. The van der Waals surface area contributed by atoms with E-state index < -0.39 is 31.5 Å². The third-order valence-corrected chi connectivity index (χ3v) is 2.27. The van der Waals surface area contributed by atoms with Gasteiger partial charge in [-0.15, -0.1) is 0 Å². The maximum atomic E-state index is 12.2. The summed E-state index contributed by atoms with van der Waals surface area (Å²) >= 11 is 0. The molecule has 0 aliphatic carbocycles. The Morgan fingerprint density at radius 2 is 1.47 bits per heavy atom. The molecule has 0 aliphatic heterocycles. The van der Waals surface area contributed by atoms with E-state index in [4.69, 9.17) is 0 Å². The Kier molecular flexibility index (Phi) is 4.45. The Morgan fingerprint density at radius 3 is 1.88 bits per heavy atom. The average molecular weight is 254 g/mol. The van der Waals surface area contributed by atoms with Gasteiger partial charge in [-0.1, -0.05) is 24.3 Å². The second-order valence-corrected chi connectivity index (χ2v) is 3.64. The van der Waals surface area contributed by atoms with E-state index in [1.54, 1.807) is 0 Å². The standard InChI is InChI=1S/C11H11F5O/c12-10(13)8-3-1-7(2-4-8)9(17)5-6-11(14,15)16/h1-4,9-10,17H,5-6H2. The number of hydrogen-bond acceptors (Lipinski definition) is 1. The van der Waals surface area contributed by atoms with Crippen LogP contribution in [0.2, 0.25) is 0 Å². The van der Waals surface area contributed by atoms with Crippen molar-refractivity contribution in [2.45, 2.75) is 31.5 Å². The minimum Gasteiger partial charge on any atom is -0.388 e. The Labute approximate surface area is 94.9 Å². The zero-order valence-corrected chi connectivity index (χ0v) is 8.72. The summed E-state index contributed by atoms with van der Waals surface area (Å²) in [7, 11) is 0. The first kappa shape index (κ1) is 13.9. The number of benzene rings is 1. The van der Waals surface area contributed by atoms with Crippen molar-refractivity contribution in [1.29, 1.82) is 0 Å². The number of alkyl halides is 5. The highest BCUT2D eigenvalue weighted by Crippen LogP contribution is 2.28. The number of rotatable bonds is 4. The fraction of sp³-hybridized carbons (Fsp3) is 0.455. The zero-order valence-electron chi connectivity index (χ0n) is 8.72. The van der Waals surface area contributed by atoms with Gasteiger partial charge in [-0.2, -0.15) is 13.2 Å². The molecule has 0 heterocycles.